The van der Waals surface area contributed by atoms with Gasteiger partial charge in [-0.25, -0.2) is 0 Å². The van der Waals surface area contributed by atoms with Crippen molar-refractivity contribution < 1.29 is 9.59 Å². The summed E-state index contributed by atoms with van der Waals surface area (Å²) in [6.07, 6.45) is 1.67. The Morgan fingerprint density at radius 2 is 0.800 bits per heavy atom. The number of amides is 2. The van der Waals surface area contributed by atoms with Gasteiger partial charge in [0, 0.05) is 35.6 Å². The van der Waals surface area contributed by atoms with Crippen LogP contribution in [0.25, 0.3) is 43.1 Å². The van der Waals surface area contributed by atoms with Crippen LogP contribution in [0.15, 0.2) is 72.8 Å². The number of fused-ring (bicyclic) bond motifs is 4. The molecule has 5 aromatic carbocycles. The number of carbonyl (C=O) groups is 2. The maximum Gasteiger partial charge on any atom is 0.213 e. The summed E-state index contributed by atoms with van der Waals surface area (Å²) in [6.45, 7) is 0. The maximum atomic E-state index is 11.9. The normalized spacial score (nSPS) is 11.3. The minimum Gasteiger partial charge on any atom is -0.317 e. The van der Waals surface area contributed by atoms with E-state index in [0.29, 0.717) is 0 Å². The number of hydrogen-bond donors (Lipinski definition) is 0. The average Bonchev–Trinajstić information content (AvgIpc) is 2.79. The molecule has 0 bridgehead atoms. The zero-order valence-electron chi connectivity index (χ0n) is 16.8. The van der Waals surface area contributed by atoms with Crippen LogP contribution in [0.1, 0.15) is 0 Å². The van der Waals surface area contributed by atoms with Crippen molar-refractivity contribution in [3.05, 3.63) is 72.8 Å². The van der Waals surface area contributed by atoms with Crippen molar-refractivity contribution in [3.63, 3.8) is 0 Å². The van der Waals surface area contributed by atoms with E-state index in [0.717, 1.165) is 67.3 Å². The maximum absolute atomic E-state index is 11.9. The van der Waals surface area contributed by atoms with Crippen LogP contribution in [0.4, 0.5) is 11.4 Å². The Morgan fingerprint density at radius 3 is 1.03 bits per heavy atom. The number of rotatable bonds is 4. The molecule has 5 rings (SSSR count). The molecule has 146 valence electrons. The average molecular weight is 392 g/mol. The molecule has 0 atom stereocenters. The van der Waals surface area contributed by atoms with E-state index in [1.165, 1.54) is 0 Å². The smallest absolute Gasteiger partial charge is 0.213 e. The van der Waals surface area contributed by atoms with E-state index in [1.54, 1.807) is 23.9 Å². The summed E-state index contributed by atoms with van der Waals surface area (Å²) in [6, 6.07) is 24.7. The second-order valence-electron chi connectivity index (χ2n) is 7.62. The Hall–Kier alpha value is -3.92. The van der Waals surface area contributed by atoms with Crippen molar-refractivity contribution in [2.45, 2.75) is 0 Å². The summed E-state index contributed by atoms with van der Waals surface area (Å²) < 4.78 is 0. The molecule has 0 aliphatic rings. The molecule has 0 spiro atoms. The number of hydrogen-bond acceptors (Lipinski definition) is 2. The number of anilines is 2. The Balaban J connectivity index is 2.10. The predicted molar refractivity (Wildman–Crippen MR) is 125 cm³/mol. The number of nitrogens with zero attached hydrogens (tertiary/aromatic N) is 2. The van der Waals surface area contributed by atoms with Crippen LogP contribution in [0.3, 0.4) is 0 Å². The van der Waals surface area contributed by atoms with Gasteiger partial charge in [0.2, 0.25) is 12.8 Å². The van der Waals surface area contributed by atoms with Gasteiger partial charge in [-0.05, 0) is 45.8 Å². The van der Waals surface area contributed by atoms with Gasteiger partial charge in [-0.3, -0.25) is 9.59 Å². The third kappa shape index (κ3) is 2.61. The standard InChI is InChI=1S/C26H20N2O2/c1-27(15-29)25-21-11-17-7-3-5-9-19(17)13-23(21)26(28(2)16-30)24-14-20-10-6-4-8-18(20)12-22(24)25/h3-16H,1-2H3. The monoisotopic (exact) mass is 392 g/mol. The molecule has 0 aliphatic carbocycles. The molecular weight excluding hydrogens is 372 g/mol. The summed E-state index contributed by atoms with van der Waals surface area (Å²) in [4.78, 5) is 27.0. The highest BCUT2D eigenvalue weighted by Crippen LogP contribution is 2.45. The third-order valence-corrected chi connectivity index (χ3v) is 5.81. The minimum atomic E-state index is 0.835. The fourth-order valence-corrected chi connectivity index (χ4v) is 4.42. The summed E-state index contributed by atoms with van der Waals surface area (Å²) in [5.41, 5.74) is 1.68. The van der Waals surface area contributed by atoms with Gasteiger partial charge in [-0.2, -0.15) is 0 Å². The van der Waals surface area contributed by atoms with Gasteiger partial charge in [-0.1, -0.05) is 48.5 Å². The van der Waals surface area contributed by atoms with E-state index < -0.39 is 0 Å². The lowest BCUT2D eigenvalue weighted by atomic mass is 9.93. The first kappa shape index (κ1) is 18.1. The van der Waals surface area contributed by atoms with E-state index in [4.69, 9.17) is 0 Å². The van der Waals surface area contributed by atoms with Gasteiger partial charge in [-0.15, -0.1) is 0 Å². The van der Waals surface area contributed by atoms with Crippen LogP contribution in [-0.2, 0) is 9.59 Å². The molecule has 0 fully saturated rings. The fraction of sp³-hybridized carbons (Fsp3) is 0.0769. The van der Waals surface area contributed by atoms with Crippen LogP contribution in [0, 0.1) is 0 Å². The highest BCUT2D eigenvalue weighted by molar-refractivity contribution is 6.26. The Labute approximate surface area is 173 Å². The van der Waals surface area contributed by atoms with Crippen molar-refractivity contribution in [2.24, 2.45) is 0 Å². The highest BCUT2D eigenvalue weighted by Gasteiger charge is 2.20. The fourth-order valence-electron chi connectivity index (χ4n) is 4.42. The number of benzene rings is 5. The molecule has 0 saturated heterocycles. The van der Waals surface area contributed by atoms with Crippen LogP contribution in [-0.4, -0.2) is 26.9 Å². The highest BCUT2D eigenvalue weighted by atomic mass is 16.1. The minimum absolute atomic E-state index is 0.835. The Bertz CT molecular complexity index is 1260. The molecule has 5 aromatic rings. The summed E-state index contributed by atoms with van der Waals surface area (Å²) in [7, 11) is 3.55. The molecule has 0 radical (unpaired) electrons. The lowest BCUT2D eigenvalue weighted by Gasteiger charge is -2.24. The summed E-state index contributed by atoms with van der Waals surface area (Å²) in [5.74, 6) is 0. The van der Waals surface area contributed by atoms with Gasteiger partial charge in [0.1, 0.15) is 0 Å². The first-order valence-electron chi connectivity index (χ1n) is 9.79. The first-order chi connectivity index (χ1) is 14.6. The Kier molecular flexibility index (Phi) is 4.14. The molecule has 30 heavy (non-hydrogen) atoms. The van der Waals surface area contributed by atoms with Crippen molar-refractivity contribution in [2.75, 3.05) is 23.9 Å². The van der Waals surface area contributed by atoms with Crippen LogP contribution in [0.2, 0.25) is 0 Å². The predicted octanol–water partition coefficient (Wildman–Crippen LogP) is 5.48. The van der Waals surface area contributed by atoms with Gasteiger partial charge in [0.05, 0.1) is 11.4 Å². The number of carbonyl (C=O) groups excluding carboxylic acids is 2. The van der Waals surface area contributed by atoms with Gasteiger partial charge in [0.25, 0.3) is 0 Å². The zero-order chi connectivity index (χ0) is 20.8. The first-order valence-corrected chi connectivity index (χ1v) is 9.79. The van der Waals surface area contributed by atoms with Crippen molar-refractivity contribution in [1.29, 1.82) is 0 Å². The molecule has 0 aromatic heterocycles. The molecule has 0 unspecified atom stereocenters. The quantitative estimate of drug-likeness (QED) is 0.231. The Morgan fingerprint density at radius 1 is 0.533 bits per heavy atom. The molecule has 0 heterocycles. The molecule has 2 amide bonds. The van der Waals surface area contributed by atoms with Crippen molar-refractivity contribution >= 4 is 67.3 Å². The second kappa shape index (κ2) is 6.85. The lowest BCUT2D eigenvalue weighted by Crippen LogP contribution is -2.18. The topological polar surface area (TPSA) is 40.6 Å². The van der Waals surface area contributed by atoms with Gasteiger partial charge < -0.3 is 9.80 Å². The molecule has 0 N–H and O–H groups in total. The van der Waals surface area contributed by atoms with Crippen molar-refractivity contribution in [3.8, 4) is 0 Å². The lowest BCUT2D eigenvalue weighted by molar-refractivity contribution is -0.107. The summed E-state index contributed by atoms with van der Waals surface area (Å²) >= 11 is 0. The third-order valence-electron chi connectivity index (χ3n) is 5.81. The molecule has 4 heteroatoms. The SMILES string of the molecule is CN(C=O)c1c2cc3ccccc3cc2c(N(C)C=O)c2cc3ccccc3cc12. The van der Waals surface area contributed by atoms with Crippen LogP contribution < -0.4 is 9.80 Å². The van der Waals surface area contributed by atoms with E-state index >= 15 is 0 Å². The van der Waals surface area contributed by atoms with Gasteiger partial charge >= 0.3 is 0 Å². The van der Waals surface area contributed by atoms with Gasteiger partial charge in [0.15, 0.2) is 0 Å². The second-order valence-corrected chi connectivity index (χ2v) is 7.62. The molecule has 4 nitrogen and oxygen atoms in total. The zero-order valence-corrected chi connectivity index (χ0v) is 16.8. The van der Waals surface area contributed by atoms with E-state index in [-0.39, 0.29) is 0 Å². The summed E-state index contributed by atoms with van der Waals surface area (Å²) in [5, 5.41) is 8.11. The van der Waals surface area contributed by atoms with E-state index in [1.807, 2.05) is 24.3 Å². The largest absolute Gasteiger partial charge is 0.317 e. The van der Waals surface area contributed by atoms with E-state index in [2.05, 4.69) is 48.5 Å². The van der Waals surface area contributed by atoms with Crippen molar-refractivity contribution in [1.82, 2.24) is 0 Å². The molecular formula is C26H20N2O2. The van der Waals surface area contributed by atoms with Crippen LogP contribution >= 0.6 is 0 Å². The molecule has 0 saturated carbocycles. The van der Waals surface area contributed by atoms with E-state index in [9.17, 15) is 9.59 Å². The van der Waals surface area contributed by atoms with Crippen LogP contribution in [0.5, 0.6) is 0 Å². The molecule has 0 aliphatic heterocycles.